The van der Waals surface area contributed by atoms with E-state index in [1.165, 1.54) is 25.9 Å². The summed E-state index contributed by atoms with van der Waals surface area (Å²) in [6.07, 6.45) is 2.55. The number of hydrogen-bond donors (Lipinski definition) is 1. The molecular formula is C14H19Br3N2. The Bertz CT molecular complexity index is 419. The summed E-state index contributed by atoms with van der Waals surface area (Å²) in [5, 5.41) is 3.66. The third kappa shape index (κ3) is 4.19. The summed E-state index contributed by atoms with van der Waals surface area (Å²) in [5.41, 5.74) is 1.15. The van der Waals surface area contributed by atoms with E-state index in [4.69, 9.17) is 0 Å². The second-order valence-electron chi connectivity index (χ2n) is 5.32. The van der Waals surface area contributed by atoms with Crippen LogP contribution in [0.15, 0.2) is 25.6 Å². The molecule has 1 aromatic rings. The van der Waals surface area contributed by atoms with Crippen LogP contribution in [0.1, 0.15) is 19.8 Å². The van der Waals surface area contributed by atoms with Crippen molar-refractivity contribution in [2.24, 2.45) is 5.92 Å². The summed E-state index contributed by atoms with van der Waals surface area (Å²) in [4.78, 5) is 2.41. The summed E-state index contributed by atoms with van der Waals surface area (Å²) < 4.78 is 3.26. The fourth-order valence-electron chi connectivity index (χ4n) is 2.55. The van der Waals surface area contributed by atoms with Crippen molar-refractivity contribution in [3.63, 3.8) is 0 Å². The number of nitrogens with one attached hydrogen (secondary N) is 1. The zero-order chi connectivity index (χ0) is 14.0. The first-order chi connectivity index (χ1) is 8.97. The Labute approximate surface area is 140 Å². The fraction of sp³-hybridized carbons (Fsp3) is 0.571. The molecular weight excluding hydrogens is 436 g/mol. The molecule has 1 atom stereocenters. The van der Waals surface area contributed by atoms with Gasteiger partial charge in [0.15, 0.2) is 0 Å². The highest BCUT2D eigenvalue weighted by atomic mass is 79.9. The molecule has 1 unspecified atom stereocenters. The Hall–Kier alpha value is 0.420. The molecule has 2 nitrogen and oxygen atoms in total. The Morgan fingerprint density at radius 1 is 1.16 bits per heavy atom. The van der Waals surface area contributed by atoms with E-state index in [2.05, 4.69) is 84.1 Å². The maximum atomic E-state index is 3.66. The van der Waals surface area contributed by atoms with E-state index in [-0.39, 0.29) is 0 Å². The molecule has 1 aromatic carbocycles. The predicted octanol–water partition coefficient (Wildman–Crippen LogP) is 5.12. The smallest absolute Gasteiger partial charge is 0.0631 e. The molecule has 0 bridgehead atoms. The van der Waals surface area contributed by atoms with E-state index in [9.17, 15) is 0 Å². The maximum Gasteiger partial charge on any atom is 0.0631 e. The Morgan fingerprint density at radius 3 is 2.21 bits per heavy atom. The molecule has 0 radical (unpaired) electrons. The second kappa shape index (κ2) is 6.92. The third-order valence-corrected chi connectivity index (χ3v) is 5.56. The second-order valence-corrected chi connectivity index (χ2v) is 7.94. The van der Waals surface area contributed by atoms with Crippen LogP contribution in [0.5, 0.6) is 0 Å². The summed E-state index contributed by atoms with van der Waals surface area (Å²) >= 11 is 10.8. The highest BCUT2D eigenvalue weighted by Gasteiger charge is 2.23. The molecule has 0 spiro atoms. The van der Waals surface area contributed by atoms with Gasteiger partial charge < -0.3 is 10.2 Å². The Morgan fingerprint density at radius 2 is 1.68 bits per heavy atom. The van der Waals surface area contributed by atoms with Crippen molar-refractivity contribution in [3.8, 4) is 0 Å². The molecule has 2 rings (SSSR count). The van der Waals surface area contributed by atoms with Crippen LogP contribution >= 0.6 is 47.8 Å². The summed E-state index contributed by atoms with van der Waals surface area (Å²) in [6, 6.07) is 4.64. The van der Waals surface area contributed by atoms with Gasteiger partial charge in [0, 0.05) is 19.5 Å². The number of anilines is 1. The van der Waals surface area contributed by atoms with Gasteiger partial charge in [-0.3, -0.25) is 0 Å². The van der Waals surface area contributed by atoms with Gasteiger partial charge in [0.2, 0.25) is 0 Å². The number of hydrogen-bond acceptors (Lipinski definition) is 2. The van der Waals surface area contributed by atoms with Gasteiger partial charge in [-0.05, 0) is 89.8 Å². The van der Waals surface area contributed by atoms with Crippen molar-refractivity contribution in [1.82, 2.24) is 4.90 Å². The first-order valence-electron chi connectivity index (χ1n) is 6.57. The van der Waals surface area contributed by atoms with Gasteiger partial charge in [-0.1, -0.05) is 15.9 Å². The van der Waals surface area contributed by atoms with Gasteiger partial charge in [0.1, 0.15) is 0 Å². The molecule has 1 saturated heterocycles. The number of likely N-dealkylation sites (tertiary alicyclic amines) is 1. The molecule has 1 heterocycles. The van der Waals surface area contributed by atoms with Gasteiger partial charge in [-0.25, -0.2) is 0 Å². The third-order valence-electron chi connectivity index (χ3n) is 3.85. The average Bonchev–Trinajstić information content (AvgIpc) is 2.34. The van der Waals surface area contributed by atoms with E-state index in [1.807, 2.05) is 0 Å². The van der Waals surface area contributed by atoms with E-state index in [0.717, 1.165) is 25.0 Å². The van der Waals surface area contributed by atoms with Crippen LogP contribution in [0.4, 0.5) is 5.69 Å². The van der Waals surface area contributed by atoms with Gasteiger partial charge in [-0.2, -0.15) is 0 Å². The van der Waals surface area contributed by atoms with Crippen LogP contribution in [-0.2, 0) is 0 Å². The number of halogens is 3. The van der Waals surface area contributed by atoms with Gasteiger partial charge in [0.05, 0.1) is 5.69 Å². The fourth-order valence-corrected chi connectivity index (χ4v) is 5.04. The van der Waals surface area contributed by atoms with Crippen LogP contribution in [0.2, 0.25) is 0 Å². The highest BCUT2D eigenvalue weighted by molar-refractivity contribution is 9.11. The highest BCUT2D eigenvalue weighted by Crippen LogP contribution is 2.36. The minimum absolute atomic E-state index is 0.488. The molecule has 0 aromatic heterocycles. The minimum atomic E-state index is 0.488. The summed E-state index contributed by atoms with van der Waals surface area (Å²) in [7, 11) is 2.20. The molecule has 5 heteroatoms. The van der Waals surface area contributed by atoms with Crippen molar-refractivity contribution in [2.75, 3.05) is 25.5 Å². The molecule has 1 aliphatic heterocycles. The predicted molar refractivity (Wildman–Crippen MR) is 92.8 cm³/mol. The van der Waals surface area contributed by atoms with Crippen molar-refractivity contribution < 1.29 is 0 Å². The maximum absolute atomic E-state index is 3.66. The Kier molecular flexibility index (Phi) is 5.76. The molecule has 1 fully saturated rings. The quantitative estimate of drug-likeness (QED) is 0.682. The summed E-state index contributed by atoms with van der Waals surface area (Å²) in [5.74, 6) is 0.749. The van der Waals surface area contributed by atoms with Crippen molar-refractivity contribution in [3.05, 3.63) is 25.6 Å². The molecule has 1 aliphatic rings. The van der Waals surface area contributed by atoms with Gasteiger partial charge >= 0.3 is 0 Å². The molecule has 0 saturated carbocycles. The number of benzene rings is 1. The molecule has 106 valence electrons. The van der Waals surface area contributed by atoms with E-state index < -0.39 is 0 Å². The molecule has 1 N–H and O–H groups in total. The number of rotatable bonds is 3. The molecule has 0 amide bonds. The van der Waals surface area contributed by atoms with Gasteiger partial charge in [0.25, 0.3) is 0 Å². The monoisotopic (exact) mass is 452 g/mol. The van der Waals surface area contributed by atoms with Crippen LogP contribution in [0.25, 0.3) is 0 Å². The largest absolute Gasteiger partial charge is 0.380 e. The van der Waals surface area contributed by atoms with Gasteiger partial charge in [-0.15, -0.1) is 0 Å². The SMILES string of the molecule is CC(Nc1c(Br)cc(Br)cc1Br)C1CCN(C)CC1. The number of piperidine rings is 1. The van der Waals surface area contributed by atoms with E-state index in [1.54, 1.807) is 0 Å². The Balaban J connectivity index is 2.04. The van der Waals surface area contributed by atoms with Crippen LogP contribution < -0.4 is 5.32 Å². The van der Waals surface area contributed by atoms with Crippen LogP contribution in [0, 0.1) is 5.92 Å². The normalized spacial score (nSPS) is 19.4. The molecule has 0 aliphatic carbocycles. The van der Waals surface area contributed by atoms with Crippen molar-refractivity contribution in [1.29, 1.82) is 0 Å². The lowest BCUT2D eigenvalue weighted by atomic mass is 9.90. The topological polar surface area (TPSA) is 15.3 Å². The lowest BCUT2D eigenvalue weighted by Crippen LogP contribution is -2.37. The standard InChI is InChI=1S/C14H19Br3N2/c1-9(10-3-5-19(2)6-4-10)18-14-12(16)7-11(15)8-13(14)17/h7-10,18H,3-6H2,1-2H3. The first kappa shape index (κ1) is 15.8. The zero-order valence-corrected chi connectivity index (χ0v) is 16.0. The summed E-state index contributed by atoms with van der Waals surface area (Å²) in [6.45, 7) is 4.70. The lowest BCUT2D eigenvalue weighted by Gasteiger charge is -2.33. The van der Waals surface area contributed by atoms with E-state index >= 15 is 0 Å². The zero-order valence-electron chi connectivity index (χ0n) is 11.2. The first-order valence-corrected chi connectivity index (χ1v) is 8.95. The van der Waals surface area contributed by atoms with Crippen LogP contribution in [0.3, 0.4) is 0 Å². The number of nitrogens with zero attached hydrogens (tertiary/aromatic N) is 1. The van der Waals surface area contributed by atoms with Crippen molar-refractivity contribution in [2.45, 2.75) is 25.8 Å². The van der Waals surface area contributed by atoms with E-state index in [0.29, 0.717) is 6.04 Å². The lowest BCUT2D eigenvalue weighted by molar-refractivity contribution is 0.208. The van der Waals surface area contributed by atoms with Crippen LogP contribution in [-0.4, -0.2) is 31.1 Å². The average molecular weight is 455 g/mol. The molecule has 19 heavy (non-hydrogen) atoms. The van der Waals surface area contributed by atoms with Crippen molar-refractivity contribution >= 4 is 53.5 Å². The minimum Gasteiger partial charge on any atom is -0.380 e.